The molecule has 0 aromatic heterocycles. The Bertz CT molecular complexity index is 629. The Labute approximate surface area is 141 Å². The Hall–Kier alpha value is -2.20. The second-order valence-electron chi connectivity index (χ2n) is 5.29. The average molecular weight is 333 g/mol. The van der Waals surface area contributed by atoms with Gasteiger partial charge < -0.3 is 15.7 Å². The molecule has 0 aliphatic carbocycles. The standard InChI is InChI=1S/C18H21ClN2O2/c19-17-6-2-1-5-15(17)11-13-21-18(23)20-12-3-4-14-7-9-16(22)10-8-14/h1-2,5-10,22H,3-4,11-13H2,(H2,20,21,23). The molecule has 2 rings (SSSR count). The third-order valence-electron chi connectivity index (χ3n) is 3.50. The number of benzene rings is 2. The van der Waals surface area contributed by atoms with Gasteiger partial charge >= 0.3 is 6.03 Å². The van der Waals surface area contributed by atoms with Crippen molar-refractivity contribution in [1.82, 2.24) is 10.6 Å². The highest BCUT2D eigenvalue weighted by molar-refractivity contribution is 6.31. The Morgan fingerprint density at radius 2 is 1.65 bits per heavy atom. The fourth-order valence-electron chi connectivity index (χ4n) is 2.23. The number of phenolic OH excluding ortho intramolecular Hbond substituents is 1. The molecule has 23 heavy (non-hydrogen) atoms. The summed E-state index contributed by atoms with van der Waals surface area (Å²) in [5.74, 6) is 0.268. The molecule has 2 amide bonds. The van der Waals surface area contributed by atoms with Crippen LogP contribution in [-0.4, -0.2) is 24.2 Å². The maximum atomic E-state index is 11.7. The van der Waals surface area contributed by atoms with Crippen molar-refractivity contribution in [3.63, 3.8) is 0 Å². The van der Waals surface area contributed by atoms with E-state index in [1.807, 2.05) is 36.4 Å². The normalized spacial score (nSPS) is 10.3. The van der Waals surface area contributed by atoms with Gasteiger partial charge in [-0.3, -0.25) is 0 Å². The highest BCUT2D eigenvalue weighted by Crippen LogP contribution is 2.14. The van der Waals surface area contributed by atoms with Crippen molar-refractivity contribution in [1.29, 1.82) is 0 Å². The summed E-state index contributed by atoms with van der Waals surface area (Å²) in [5.41, 5.74) is 2.17. The number of carbonyl (C=O) groups excluding carboxylic acids is 1. The second kappa shape index (κ2) is 9.06. The van der Waals surface area contributed by atoms with E-state index in [4.69, 9.17) is 11.6 Å². The van der Waals surface area contributed by atoms with Gasteiger partial charge in [-0.15, -0.1) is 0 Å². The molecular weight excluding hydrogens is 312 g/mol. The molecule has 0 heterocycles. The highest BCUT2D eigenvalue weighted by Gasteiger charge is 2.02. The summed E-state index contributed by atoms with van der Waals surface area (Å²) in [6.07, 6.45) is 2.42. The summed E-state index contributed by atoms with van der Waals surface area (Å²) in [4.78, 5) is 11.7. The zero-order chi connectivity index (χ0) is 16.5. The van der Waals surface area contributed by atoms with Gasteiger partial charge in [0.1, 0.15) is 5.75 Å². The molecule has 122 valence electrons. The molecular formula is C18H21ClN2O2. The van der Waals surface area contributed by atoms with Crippen LogP contribution < -0.4 is 10.6 Å². The van der Waals surface area contributed by atoms with Gasteiger partial charge in [0.05, 0.1) is 0 Å². The van der Waals surface area contributed by atoms with Crippen molar-refractivity contribution in [3.05, 3.63) is 64.7 Å². The summed E-state index contributed by atoms with van der Waals surface area (Å²) in [6, 6.07) is 14.6. The predicted molar refractivity (Wildman–Crippen MR) is 93.0 cm³/mol. The molecule has 0 spiro atoms. The molecule has 0 fully saturated rings. The summed E-state index contributed by atoms with van der Waals surface area (Å²) in [6.45, 7) is 1.16. The van der Waals surface area contributed by atoms with E-state index in [2.05, 4.69) is 10.6 Å². The van der Waals surface area contributed by atoms with E-state index < -0.39 is 0 Å². The average Bonchev–Trinajstić information content (AvgIpc) is 2.55. The number of phenols is 1. The number of hydrogen-bond donors (Lipinski definition) is 3. The van der Waals surface area contributed by atoms with Crippen LogP contribution in [0.4, 0.5) is 4.79 Å². The Morgan fingerprint density at radius 3 is 2.39 bits per heavy atom. The SMILES string of the molecule is O=C(NCCCc1ccc(O)cc1)NCCc1ccccc1Cl. The molecule has 0 atom stereocenters. The van der Waals surface area contributed by atoms with E-state index in [0.29, 0.717) is 19.5 Å². The van der Waals surface area contributed by atoms with Gasteiger partial charge in [-0.1, -0.05) is 41.9 Å². The first-order valence-electron chi connectivity index (χ1n) is 7.68. The number of amides is 2. The van der Waals surface area contributed by atoms with Gasteiger partial charge in [0.2, 0.25) is 0 Å². The molecule has 0 bridgehead atoms. The van der Waals surface area contributed by atoms with Crippen LogP contribution in [0.1, 0.15) is 17.5 Å². The lowest BCUT2D eigenvalue weighted by atomic mass is 10.1. The third-order valence-corrected chi connectivity index (χ3v) is 3.87. The molecule has 2 aromatic carbocycles. The van der Waals surface area contributed by atoms with E-state index in [-0.39, 0.29) is 11.8 Å². The van der Waals surface area contributed by atoms with Crippen molar-refractivity contribution < 1.29 is 9.90 Å². The number of carbonyl (C=O) groups is 1. The number of nitrogens with one attached hydrogen (secondary N) is 2. The number of halogens is 1. The monoisotopic (exact) mass is 332 g/mol. The number of aryl methyl sites for hydroxylation is 1. The van der Waals surface area contributed by atoms with E-state index in [1.54, 1.807) is 12.1 Å². The van der Waals surface area contributed by atoms with Crippen LogP contribution in [0.15, 0.2) is 48.5 Å². The number of hydrogen-bond acceptors (Lipinski definition) is 2. The number of rotatable bonds is 7. The fourth-order valence-corrected chi connectivity index (χ4v) is 2.46. The highest BCUT2D eigenvalue weighted by atomic mass is 35.5. The first-order valence-corrected chi connectivity index (χ1v) is 8.06. The van der Waals surface area contributed by atoms with Crippen LogP contribution >= 0.6 is 11.6 Å². The van der Waals surface area contributed by atoms with Crippen LogP contribution in [-0.2, 0) is 12.8 Å². The zero-order valence-electron chi connectivity index (χ0n) is 12.9. The van der Waals surface area contributed by atoms with Crippen LogP contribution in [0.3, 0.4) is 0 Å². The van der Waals surface area contributed by atoms with Gasteiger partial charge in [-0.2, -0.15) is 0 Å². The van der Waals surface area contributed by atoms with Gasteiger partial charge in [0, 0.05) is 18.1 Å². The lowest BCUT2D eigenvalue weighted by Crippen LogP contribution is -2.37. The first-order chi connectivity index (χ1) is 11.1. The maximum Gasteiger partial charge on any atom is 0.314 e. The van der Waals surface area contributed by atoms with Gasteiger partial charge in [0.25, 0.3) is 0 Å². The molecule has 0 saturated heterocycles. The largest absolute Gasteiger partial charge is 0.508 e. The zero-order valence-corrected chi connectivity index (χ0v) is 13.6. The molecule has 0 aliphatic heterocycles. The fraction of sp³-hybridized carbons (Fsp3) is 0.278. The molecule has 2 aromatic rings. The summed E-state index contributed by atoms with van der Waals surface area (Å²) in [5, 5.41) is 15.6. The second-order valence-corrected chi connectivity index (χ2v) is 5.70. The molecule has 0 saturated carbocycles. The van der Waals surface area contributed by atoms with E-state index in [0.717, 1.165) is 29.0 Å². The maximum absolute atomic E-state index is 11.7. The smallest absolute Gasteiger partial charge is 0.314 e. The van der Waals surface area contributed by atoms with Crippen molar-refractivity contribution in [2.75, 3.05) is 13.1 Å². The lowest BCUT2D eigenvalue weighted by Gasteiger charge is -2.08. The molecule has 0 aliphatic rings. The summed E-state index contributed by atoms with van der Waals surface area (Å²) < 4.78 is 0. The minimum atomic E-state index is -0.164. The molecule has 3 N–H and O–H groups in total. The van der Waals surface area contributed by atoms with E-state index in [9.17, 15) is 9.90 Å². The third kappa shape index (κ3) is 6.20. The van der Waals surface area contributed by atoms with Crippen molar-refractivity contribution in [3.8, 4) is 5.75 Å². The molecule has 0 radical (unpaired) electrons. The molecule has 4 nitrogen and oxygen atoms in total. The van der Waals surface area contributed by atoms with E-state index in [1.165, 1.54) is 0 Å². The van der Waals surface area contributed by atoms with Crippen molar-refractivity contribution in [2.24, 2.45) is 0 Å². The van der Waals surface area contributed by atoms with Crippen LogP contribution in [0.25, 0.3) is 0 Å². The lowest BCUT2D eigenvalue weighted by molar-refractivity contribution is 0.241. The topological polar surface area (TPSA) is 61.4 Å². The van der Waals surface area contributed by atoms with Crippen LogP contribution in [0, 0.1) is 0 Å². The minimum absolute atomic E-state index is 0.164. The van der Waals surface area contributed by atoms with Crippen molar-refractivity contribution >= 4 is 17.6 Å². The van der Waals surface area contributed by atoms with Gasteiger partial charge in [0.15, 0.2) is 0 Å². The van der Waals surface area contributed by atoms with Crippen LogP contribution in [0.5, 0.6) is 5.75 Å². The molecule has 0 unspecified atom stereocenters. The van der Waals surface area contributed by atoms with Crippen molar-refractivity contribution in [2.45, 2.75) is 19.3 Å². The number of urea groups is 1. The molecule has 5 heteroatoms. The quantitative estimate of drug-likeness (QED) is 0.679. The Balaban J connectivity index is 1.58. The Kier molecular flexibility index (Phi) is 6.76. The van der Waals surface area contributed by atoms with E-state index >= 15 is 0 Å². The summed E-state index contributed by atoms with van der Waals surface area (Å²) >= 11 is 6.07. The predicted octanol–water partition coefficient (Wildman–Crippen LogP) is 3.52. The Morgan fingerprint density at radius 1 is 0.957 bits per heavy atom. The summed E-state index contributed by atoms with van der Waals surface area (Å²) in [7, 11) is 0. The number of aromatic hydroxyl groups is 1. The minimum Gasteiger partial charge on any atom is -0.508 e. The van der Waals surface area contributed by atoms with Gasteiger partial charge in [-0.25, -0.2) is 4.79 Å². The first kappa shape index (κ1) is 17.2. The van der Waals surface area contributed by atoms with Gasteiger partial charge in [-0.05, 0) is 48.6 Å². The van der Waals surface area contributed by atoms with Crippen LogP contribution in [0.2, 0.25) is 5.02 Å².